The first-order chi connectivity index (χ1) is 17.6. The van der Waals surface area contributed by atoms with Gasteiger partial charge in [0, 0.05) is 19.2 Å². The number of nitrogens with zero attached hydrogens (tertiary/aromatic N) is 3. The van der Waals surface area contributed by atoms with Gasteiger partial charge in [0.15, 0.2) is 5.17 Å². The van der Waals surface area contributed by atoms with Crippen molar-refractivity contribution in [2.75, 3.05) is 7.05 Å². The minimum atomic E-state index is -1.05. The SMILES string of the molecule is CN1C(=O)C(=Cc2cc(I)c(OCc3cccc([N+](=O)[O-])c3)c(I)c2)SC1=Nc1cccc(C(=O)O)c1. The summed E-state index contributed by atoms with van der Waals surface area (Å²) in [6.45, 7) is 0.177. The molecule has 3 aromatic rings. The number of nitro benzene ring substituents is 1. The average Bonchev–Trinajstić information content (AvgIpc) is 3.11. The second-order valence-electron chi connectivity index (χ2n) is 7.75. The largest absolute Gasteiger partial charge is 0.487 e. The van der Waals surface area contributed by atoms with Gasteiger partial charge in [-0.2, -0.15) is 0 Å². The summed E-state index contributed by atoms with van der Waals surface area (Å²) in [5, 5.41) is 20.6. The third-order valence-electron chi connectivity index (χ3n) is 5.14. The van der Waals surface area contributed by atoms with Crippen LogP contribution < -0.4 is 4.74 Å². The van der Waals surface area contributed by atoms with Crippen molar-refractivity contribution < 1.29 is 24.4 Å². The summed E-state index contributed by atoms with van der Waals surface area (Å²) in [4.78, 5) is 41.0. The number of carboxylic acids is 1. The lowest BCUT2D eigenvalue weighted by Gasteiger charge is -2.12. The topological polar surface area (TPSA) is 122 Å². The number of hydrogen-bond donors (Lipinski definition) is 1. The first kappa shape index (κ1) is 27.1. The minimum Gasteiger partial charge on any atom is -0.487 e. The second-order valence-corrected chi connectivity index (χ2v) is 11.1. The van der Waals surface area contributed by atoms with E-state index in [-0.39, 0.29) is 23.8 Å². The first-order valence-corrected chi connectivity index (χ1v) is 13.5. The fourth-order valence-corrected chi connectivity index (χ4v) is 6.45. The lowest BCUT2D eigenvalue weighted by Crippen LogP contribution is -2.23. The summed E-state index contributed by atoms with van der Waals surface area (Å²) in [7, 11) is 1.62. The number of thioether (sulfide) groups is 1. The molecule has 0 atom stereocenters. The molecule has 1 amide bonds. The maximum absolute atomic E-state index is 12.8. The predicted octanol–water partition coefficient (Wildman–Crippen LogP) is 6.32. The highest BCUT2D eigenvalue weighted by Crippen LogP contribution is 2.35. The molecule has 3 aromatic carbocycles. The van der Waals surface area contributed by atoms with Gasteiger partial charge in [0.05, 0.1) is 28.2 Å². The van der Waals surface area contributed by atoms with Crippen LogP contribution in [0.4, 0.5) is 11.4 Å². The number of carbonyl (C=O) groups excluding carboxylic acids is 1. The van der Waals surface area contributed by atoms with Crippen molar-refractivity contribution in [3.8, 4) is 5.75 Å². The summed E-state index contributed by atoms with van der Waals surface area (Å²) in [5.41, 5.74) is 2.05. The molecule has 1 N–H and O–H groups in total. The molecule has 12 heteroatoms. The van der Waals surface area contributed by atoms with E-state index in [0.717, 1.165) is 12.7 Å². The van der Waals surface area contributed by atoms with E-state index in [4.69, 9.17) is 4.74 Å². The highest BCUT2D eigenvalue weighted by molar-refractivity contribution is 14.1. The lowest BCUT2D eigenvalue weighted by atomic mass is 10.2. The number of ether oxygens (including phenoxy) is 1. The molecular weight excluding hydrogens is 724 g/mol. The first-order valence-electron chi connectivity index (χ1n) is 10.6. The van der Waals surface area contributed by atoms with Crippen LogP contribution in [0.1, 0.15) is 21.5 Å². The molecule has 1 aliphatic heterocycles. The van der Waals surface area contributed by atoms with Gasteiger partial charge in [-0.1, -0.05) is 18.2 Å². The summed E-state index contributed by atoms with van der Waals surface area (Å²) in [5.74, 6) is -0.611. The van der Waals surface area contributed by atoms with E-state index in [1.165, 1.54) is 40.9 Å². The van der Waals surface area contributed by atoms with Crippen LogP contribution in [0.3, 0.4) is 0 Å². The van der Waals surface area contributed by atoms with Gasteiger partial charge in [-0.05, 0) is 104 Å². The van der Waals surface area contributed by atoms with Gasteiger partial charge < -0.3 is 9.84 Å². The molecule has 9 nitrogen and oxygen atoms in total. The van der Waals surface area contributed by atoms with Crippen molar-refractivity contribution in [1.29, 1.82) is 0 Å². The molecule has 1 saturated heterocycles. The lowest BCUT2D eigenvalue weighted by molar-refractivity contribution is -0.384. The highest BCUT2D eigenvalue weighted by atomic mass is 127. The average molecular weight is 741 g/mol. The van der Waals surface area contributed by atoms with Crippen molar-refractivity contribution in [3.05, 3.63) is 99.5 Å². The monoisotopic (exact) mass is 741 g/mol. The molecular formula is C25H17I2N3O6S. The zero-order valence-corrected chi connectivity index (χ0v) is 24.2. The number of hydrogen-bond acceptors (Lipinski definition) is 7. The van der Waals surface area contributed by atoms with Crippen molar-refractivity contribution in [2.24, 2.45) is 4.99 Å². The van der Waals surface area contributed by atoms with Gasteiger partial charge in [0.2, 0.25) is 0 Å². The predicted molar refractivity (Wildman–Crippen MR) is 158 cm³/mol. The van der Waals surface area contributed by atoms with E-state index in [9.17, 15) is 24.8 Å². The standard InChI is InChI=1S/C25H17I2N3O6S/c1-29-23(31)21(37-25(29)28-17-6-3-5-16(12-17)24(32)33)11-15-9-19(26)22(20(27)10-15)36-13-14-4-2-7-18(8-14)30(34)35/h2-12H,13H2,1H3,(H,32,33). The Morgan fingerprint density at radius 3 is 2.54 bits per heavy atom. The van der Waals surface area contributed by atoms with Crippen LogP contribution in [0.25, 0.3) is 6.08 Å². The smallest absolute Gasteiger partial charge is 0.335 e. The Balaban J connectivity index is 1.53. The van der Waals surface area contributed by atoms with E-state index in [1.54, 1.807) is 37.4 Å². The van der Waals surface area contributed by atoms with Crippen LogP contribution in [-0.2, 0) is 11.4 Å². The van der Waals surface area contributed by atoms with Crippen LogP contribution >= 0.6 is 56.9 Å². The molecule has 0 bridgehead atoms. The van der Waals surface area contributed by atoms with Crippen molar-refractivity contribution in [1.82, 2.24) is 4.90 Å². The van der Waals surface area contributed by atoms with Crippen LogP contribution in [0.5, 0.6) is 5.75 Å². The number of amidine groups is 1. The van der Waals surface area contributed by atoms with E-state index in [0.29, 0.717) is 27.1 Å². The quantitative estimate of drug-likeness (QED) is 0.130. The molecule has 4 rings (SSSR count). The van der Waals surface area contributed by atoms with E-state index in [1.807, 2.05) is 12.1 Å². The Bertz CT molecular complexity index is 1470. The highest BCUT2D eigenvalue weighted by Gasteiger charge is 2.30. The molecule has 188 valence electrons. The number of nitro groups is 1. The van der Waals surface area contributed by atoms with Crippen LogP contribution in [0.2, 0.25) is 0 Å². The number of carbonyl (C=O) groups is 2. The maximum Gasteiger partial charge on any atom is 0.335 e. The number of aromatic carboxylic acids is 1. The van der Waals surface area contributed by atoms with Crippen LogP contribution in [0, 0.1) is 17.3 Å². The number of non-ortho nitro benzene ring substituents is 1. The third-order valence-corrected chi connectivity index (χ3v) is 7.81. The molecule has 0 saturated carbocycles. The molecule has 0 aromatic heterocycles. The van der Waals surface area contributed by atoms with Gasteiger partial charge in [-0.3, -0.25) is 19.8 Å². The molecule has 0 unspecified atom stereocenters. The zero-order valence-electron chi connectivity index (χ0n) is 19.1. The van der Waals surface area contributed by atoms with Crippen molar-refractivity contribution >= 4 is 91.4 Å². The maximum atomic E-state index is 12.8. The summed E-state index contributed by atoms with van der Waals surface area (Å²) in [6, 6.07) is 16.3. The number of amides is 1. The van der Waals surface area contributed by atoms with E-state index < -0.39 is 10.9 Å². The van der Waals surface area contributed by atoms with Gasteiger partial charge >= 0.3 is 5.97 Å². The molecule has 0 spiro atoms. The molecule has 37 heavy (non-hydrogen) atoms. The number of likely N-dealkylation sites (N-methyl/N-ethyl adjacent to an activating group) is 1. The van der Waals surface area contributed by atoms with Gasteiger partial charge in [0.25, 0.3) is 11.6 Å². The van der Waals surface area contributed by atoms with E-state index in [2.05, 4.69) is 50.2 Å². The number of aliphatic imine (C=N–C) groups is 1. The molecule has 0 radical (unpaired) electrons. The molecule has 1 fully saturated rings. The minimum absolute atomic E-state index is 0.00802. The molecule has 0 aliphatic carbocycles. The third kappa shape index (κ3) is 6.48. The summed E-state index contributed by atoms with van der Waals surface area (Å²) in [6.07, 6.45) is 1.77. The normalized spacial score (nSPS) is 15.4. The second kappa shape index (κ2) is 11.6. The number of carboxylic acid groups (broad SMARTS) is 1. The van der Waals surface area contributed by atoms with Crippen molar-refractivity contribution in [2.45, 2.75) is 6.61 Å². The van der Waals surface area contributed by atoms with Crippen molar-refractivity contribution in [3.63, 3.8) is 0 Å². The Labute approximate surface area is 243 Å². The summed E-state index contributed by atoms with van der Waals surface area (Å²) >= 11 is 5.51. The van der Waals surface area contributed by atoms with Crippen LogP contribution in [0.15, 0.2) is 70.6 Å². The number of benzene rings is 3. The fourth-order valence-electron chi connectivity index (χ4n) is 3.34. The Morgan fingerprint density at radius 2 is 1.86 bits per heavy atom. The number of rotatable bonds is 7. The Morgan fingerprint density at radius 1 is 1.16 bits per heavy atom. The zero-order chi connectivity index (χ0) is 26.7. The Kier molecular flexibility index (Phi) is 8.49. The molecule has 1 aliphatic rings. The number of halogens is 2. The van der Waals surface area contributed by atoms with Crippen LogP contribution in [-0.4, -0.2) is 39.0 Å². The van der Waals surface area contributed by atoms with E-state index >= 15 is 0 Å². The fraction of sp³-hybridized carbons (Fsp3) is 0.0800. The van der Waals surface area contributed by atoms with Gasteiger partial charge in [-0.15, -0.1) is 0 Å². The van der Waals surface area contributed by atoms with Gasteiger partial charge in [0.1, 0.15) is 12.4 Å². The van der Waals surface area contributed by atoms with Gasteiger partial charge in [-0.25, -0.2) is 9.79 Å². The molecule has 1 heterocycles. The summed E-state index contributed by atoms with van der Waals surface area (Å²) < 4.78 is 7.61. The Hall–Kier alpha value is -2.98.